The molecule has 13 heteroatoms. The van der Waals surface area contributed by atoms with Crippen molar-refractivity contribution < 1.29 is 123 Å². The van der Waals surface area contributed by atoms with Gasteiger partial charge in [-0.3, -0.25) is 8.37 Å². The second kappa shape index (κ2) is 54.8. The minimum absolute atomic E-state index is 0. The monoisotopic (exact) mass is 796 g/mol. The van der Waals surface area contributed by atoms with Gasteiger partial charge in [0.05, 0.1) is 13.2 Å². The average Bonchev–Trinajstić information content (AvgIpc) is 3.03. The molecule has 0 saturated heterocycles. The van der Waals surface area contributed by atoms with E-state index in [9.17, 15) is 25.9 Å². The SMILES string of the molecule is CCCCCCCCCCCCCCOS(=O)(=O)[O-].CCCCCCCCCCCCOS(=O)(=O)[O-].[CH2-]CCCCCCCCCCC.[Na+].[Na+].[Na+]. The third-order valence-electron chi connectivity index (χ3n) is 8.30. The maximum absolute atomic E-state index is 10.2. The summed E-state index contributed by atoms with van der Waals surface area (Å²) in [5, 5.41) is 0. The fourth-order valence-corrected chi connectivity index (χ4v) is 5.99. The van der Waals surface area contributed by atoms with Crippen LogP contribution in [0.1, 0.15) is 226 Å². The molecule has 0 heterocycles. The van der Waals surface area contributed by atoms with Crippen LogP contribution in [0.2, 0.25) is 0 Å². The van der Waals surface area contributed by atoms with E-state index in [0.29, 0.717) is 12.8 Å². The predicted octanol–water partition coefficient (Wildman–Crippen LogP) is 3.30. The summed E-state index contributed by atoms with van der Waals surface area (Å²) < 4.78 is 69.1. The van der Waals surface area contributed by atoms with Gasteiger partial charge in [0.15, 0.2) is 0 Å². The van der Waals surface area contributed by atoms with Crippen molar-refractivity contribution in [1.29, 1.82) is 0 Å². The molecule has 0 aromatic rings. The van der Waals surface area contributed by atoms with Crippen LogP contribution >= 0.6 is 0 Å². The number of unbranched alkanes of at least 4 members (excludes halogenated alkanes) is 29. The Bertz CT molecular complexity index is 795. The van der Waals surface area contributed by atoms with E-state index < -0.39 is 20.8 Å². The number of hydrogen-bond acceptors (Lipinski definition) is 8. The average molecular weight is 797 g/mol. The summed E-state index contributed by atoms with van der Waals surface area (Å²) in [5.41, 5.74) is 0. The normalized spacial score (nSPS) is 10.9. The van der Waals surface area contributed by atoms with Crippen molar-refractivity contribution in [3.63, 3.8) is 0 Å². The topological polar surface area (TPSA) is 133 Å². The van der Waals surface area contributed by atoms with Crippen molar-refractivity contribution in [2.24, 2.45) is 0 Å². The Kier molecular flexibility index (Phi) is 70.5. The summed E-state index contributed by atoms with van der Waals surface area (Å²) in [6, 6.07) is 0. The van der Waals surface area contributed by atoms with Gasteiger partial charge >= 0.3 is 88.7 Å². The van der Waals surface area contributed by atoms with Gasteiger partial charge in [-0.25, -0.2) is 16.8 Å². The van der Waals surface area contributed by atoms with E-state index >= 15 is 0 Å². The van der Waals surface area contributed by atoms with Crippen molar-refractivity contribution in [3.05, 3.63) is 6.92 Å². The van der Waals surface area contributed by atoms with Gasteiger partial charge in [0.25, 0.3) is 0 Å². The van der Waals surface area contributed by atoms with Crippen molar-refractivity contribution in [1.82, 2.24) is 0 Å². The minimum Gasteiger partial charge on any atom is -0.726 e. The molecule has 0 fully saturated rings. The largest absolute Gasteiger partial charge is 1.00 e. The van der Waals surface area contributed by atoms with Gasteiger partial charge in [-0.15, -0.1) is 0 Å². The van der Waals surface area contributed by atoms with Gasteiger partial charge in [-0.1, -0.05) is 207 Å². The molecule has 0 aliphatic heterocycles. The molecule has 0 aromatic carbocycles. The fraction of sp³-hybridized carbons (Fsp3) is 0.974. The standard InChI is InChI=1S/C14H30O4S.C12H26O4S.C12H25.3Na/c1-2-3-4-5-6-7-8-9-10-11-12-13-14-18-19(15,16)17;1-2-3-4-5-6-7-8-9-10-11-12-16-17(13,14)15;1-3-5-7-9-11-12-10-8-6-4-2;;;/h2-14H2,1H3,(H,15,16,17);2-12H2,1H3,(H,13,14,15);1,3-12H2,2H3;;;/q;;-1;3*+1/p-2. The van der Waals surface area contributed by atoms with E-state index in [4.69, 9.17) is 0 Å². The Labute approximate surface area is 385 Å². The van der Waals surface area contributed by atoms with Crippen molar-refractivity contribution in [3.8, 4) is 0 Å². The molecule has 0 rings (SSSR count). The molecular formula is C38H79Na3O8S2. The van der Waals surface area contributed by atoms with E-state index in [1.807, 2.05) is 0 Å². The molecule has 0 N–H and O–H groups in total. The quantitative estimate of drug-likeness (QED) is 0.0314. The van der Waals surface area contributed by atoms with Crippen LogP contribution in [0.4, 0.5) is 0 Å². The molecule has 0 aliphatic carbocycles. The Morgan fingerprint density at radius 2 is 0.529 bits per heavy atom. The number of hydrogen-bond donors (Lipinski definition) is 0. The van der Waals surface area contributed by atoms with Crippen molar-refractivity contribution in [2.75, 3.05) is 13.2 Å². The molecule has 51 heavy (non-hydrogen) atoms. The fourth-order valence-electron chi connectivity index (χ4n) is 5.34. The van der Waals surface area contributed by atoms with Gasteiger partial charge in [0.2, 0.25) is 20.8 Å². The van der Waals surface area contributed by atoms with Crippen LogP contribution in [0, 0.1) is 6.92 Å². The summed E-state index contributed by atoms with van der Waals surface area (Å²) in [6.07, 6.45) is 40.1. The first-order valence-electron chi connectivity index (χ1n) is 20.0. The third-order valence-corrected chi connectivity index (χ3v) is 9.22. The first kappa shape index (κ1) is 65.6. The third kappa shape index (κ3) is 77.9. The molecule has 8 nitrogen and oxygen atoms in total. The number of rotatable bonds is 35. The van der Waals surface area contributed by atoms with Crippen LogP contribution in [0.3, 0.4) is 0 Å². The molecule has 0 spiro atoms. The molecule has 0 unspecified atom stereocenters. The Balaban J connectivity index is -0.000000148. The molecule has 0 atom stereocenters. The molecule has 294 valence electrons. The Morgan fingerprint density at radius 1 is 0.353 bits per heavy atom. The zero-order chi connectivity index (χ0) is 36.5. The van der Waals surface area contributed by atoms with Crippen LogP contribution < -0.4 is 88.7 Å². The summed E-state index contributed by atoms with van der Waals surface area (Å²) in [6.45, 7) is 10.6. The minimum atomic E-state index is -4.49. The van der Waals surface area contributed by atoms with Gasteiger partial charge < -0.3 is 16.0 Å². The first-order chi connectivity index (χ1) is 23.0. The summed E-state index contributed by atoms with van der Waals surface area (Å²) >= 11 is 0. The molecule has 0 amide bonds. The molecule has 0 aromatic heterocycles. The molecule has 0 aliphatic rings. The summed E-state index contributed by atoms with van der Waals surface area (Å²) in [7, 11) is -8.97. The summed E-state index contributed by atoms with van der Waals surface area (Å²) in [4.78, 5) is 0. The maximum atomic E-state index is 10.2. The van der Waals surface area contributed by atoms with Gasteiger partial charge in [0.1, 0.15) is 0 Å². The van der Waals surface area contributed by atoms with Crippen LogP contribution in [0.15, 0.2) is 0 Å². The van der Waals surface area contributed by atoms with Crippen molar-refractivity contribution >= 4 is 20.8 Å². The van der Waals surface area contributed by atoms with E-state index in [1.165, 1.54) is 161 Å². The van der Waals surface area contributed by atoms with Gasteiger partial charge in [0, 0.05) is 0 Å². The van der Waals surface area contributed by atoms with Crippen LogP contribution in [-0.4, -0.2) is 39.2 Å². The summed E-state index contributed by atoms with van der Waals surface area (Å²) in [5.74, 6) is 0. The van der Waals surface area contributed by atoms with Crippen LogP contribution in [-0.2, 0) is 29.2 Å². The van der Waals surface area contributed by atoms with Gasteiger partial charge in [-0.2, -0.15) is 6.42 Å². The zero-order valence-corrected chi connectivity index (χ0v) is 42.5. The van der Waals surface area contributed by atoms with E-state index in [2.05, 4.69) is 36.1 Å². The second-order valence-electron chi connectivity index (χ2n) is 13.2. The molecular weight excluding hydrogens is 718 g/mol. The molecule has 0 saturated carbocycles. The zero-order valence-electron chi connectivity index (χ0n) is 34.8. The van der Waals surface area contributed by atoms with Gasteiger partial charge in [-0.05, 0) is 12.8 Å². The first-order valence-corrected chi connectivity index (χ1v) is 22.7. The second-order valence-corrected chi connectivity index (χ2v) is 15.3. The predicted molar refractivity (Wildman–Crippen MR) is 201 cm³/mol. The van der Waals surface area contributed by atoms with E-state index in [-0.39, 0.29) is 102 Å². The Morgan fingerprint density at radius 3 is 0.706 bits per heavy atom. The molecule has 0 radical (unpaired) electrons. The van der Waals surface area contributed by atoms with Crippen molar-refractivity contribution in [2.45, 2.75) is 226 Å². The molecule has 0 bridgehead atoms. The van der Waals surface area contributed by atoms with Crippen LogP contribution in [0.25, 0.3) is 0 Å². The smallest absolute Gasteiger partial charge is 0.726 e. The Hall–Kier alpha value is 2.74. The van der Waals surface area contributed by atoms with E-state index in [1.54, 1.807) is 0 Å². The van der Waals surface area contributed by atoms with Crippen LogP contribution in [0.5, 0.6) is 0 Å². The van der Waals surface area contributed by atoms with E-state index in [0.717, 1.165) is 32.1 Å². The maximum Gasteiger partial charge on any atom is 1.00 e.